The highest BCUT2D eigenvalue weighted by Gasteiger charge is 2.36. The Labute approximate surface area is 118 Å². The molecule has 0 radical (unpaired) electrons. The Morgan fingerprint density at radius 3 is 2.37 bits per heavy atom. The summed E-state index contributed by atoms with van der Waals surface area (Å²) in [5, 5.41) is 3.26. The van der Waals surface area contributed by atoms with Crippen LogP contribution in [0.1, 0.15) is 52.4 Å². The van der Waals surface area contributed by atoms with Gasteiger partial charge in [-0.25, -0.2) is 8.42 Å². The molecule has 2 fully saturated rings. The molecule has 1 heterocycles. The third kappa shape index (κ3) is 3.70. The fraction of sp³-hybridized carbons (Fsp3) is 1.00. The SMILES string of the molecule is CC(C)N(CC1CCCNC1)S(=O)(=O)C1CCCC1. The maximum atomic E-state index is 12.8. The molecule has 112 valence electrons. The van der Waals surface area contributed by atoms with E-state index in [1.807, 2.05) is 13.8 Å². The Bertz CT molecular complexity index is 369. The molecule has 2 aliphatic rings. The van der Waals surface area contributed by atoms with Gasteiger partial charge in [0.05, 0.1) is 5.25 Å². The van der Waals surface area contributed by atoms with E-state index in [4.69, 9.17) is 0 Å². The zero-order chi connectivity index (χ0) is 13.9. The van der Waals surface area contributed by atoms with E-state index in [1.54, 1.807) is 4.31 Å². The summed E-state index contributed by atoms with van der Waals surface area (Å²) < 4.78 is 27.3. The molecule has 1 unspecified atom stereocenters. The zero-order valence-electron chi connectivity index (χ0n) is 12.3. The molecule has 2 rings (SSSR count). The van der Waals surface area contributed by atoms with E-state index in [2.05, 4.69) is 5.32 Å². The summed E-state index contributed by atoms with van der Waals surface area (Å²) in [5.41, 5.74) is 0. The lowest BCUT2D eigenvalue weighted by Gasteiger charge is -2.33. The Kier molecular flexibility index (Phi) is 5.26. The number of hydrogen-bond acceptors (Lipinski definition) is 3. The quantitative estimate of drug-likeness (QED) is 0.841. The van der Waals surface area contributed by atoms with Crippen molar-refractivity contribution in [3.05, 3.63) is 0 Å². The van der Waals surface area contributed by atoms with E-state index >= 15 is 0 Å². The number of nitrogens with one attached hydrogen (secondary N) is 1. The first-order valence-electron chi connectivity index (χ1n) is 7.73. The average Bonchev–Trinajstić information content (AvgIpc) is 2.91. The van der Waals surface area contributed by atoms with E-state index in [1.165, 1.54) is 6.42 Å². The van der Waals surface area contributed by atoms with Crippen LogP contribution >= 0.6 is 0 Å². The zero-order valence-corrected chi connectivity index (χ0v) is 13.1. The molecule has 1 saturated carbocycles. The number of sulfonamides is 1. The molecule has 0 bridgehead atoms. The van der Waals surface area contributed by atoms with Crippen molar-refractivity contribution in [3.63, 3.8) is 0 Å². The highest BCUT2D eigenvalue weighted by molar-refractivity contribution is 7.89. The predicted molar refractivity (Wildman–Crippen MR) is 78.6 cm³/mol. The van der Waals surface area contributed by atoms with Crippen molar-refractivity contribution in [2.24, 2.45) is 5.92 Å². The van der Waals surface area contributed by atoms with Crippen LogP contribution < -0.4 is 5.32 Å². The van der Waals surface area contributed by atoms with Gasteiger partial charge < -0.3 is 5.32 Å². The maximum absolute atomic E-state index is 12.8. The first-order valence-corrected chi connectivity index (χ1v) is 9.23. The molecule has 1 saturated heterocycles. The summed E-state index contributed by atoms with van der Waals surface area (Å²) in [6, 6.07) is 0.0764. The summed E-state index contributed by atoms with van der Waals surface area (Å²) in [7, 11) is -3.09. The first-order chi connectivity index (χ1) is 9.01. The van der Waals surface area contributed by atoms with Gasteiger partial charge in [-0.2, -0.15) is 4.31 Å². The minimum absolute atomic E-state index is 0.0764. The van der Waals surface area contributed by atoms with E-state index in [0.29, 0.717) is 12.5 Å². The average molecular weight is 288 g/mol. The molecule has 0 aromatic rings. The van der Waals surface area contributed by atoms with Crippen molar-refractivity contribution >= 4 is 10.0 Å². The van der Waals surface area contributed by atoms with Gasteiger partial charge in [-0.15, -0.1) is 0 Å². The van der Waals surface area contributed by atoms with Crippen LogP contribution in [-0.2, 0) is 10.0 Å². The summed E-state index contributed by atoms with van der Waals surface area (Å²) in [6.07, 6.45) is 6.17. The normalized spacial score (nSPS) is 26.4. The van der Waals surface area contributed by atoms with Gasteiger partial charge in [0.2, 0.25) is 10.0 Å². The number of nitrogens with zero attached hydrogens (tertiary/aromatic N) is 1. The smallest absolute Gasteiger partial charge is 0.217 e. The molecule has 5 heteroatoms. The molecule has 1 N–H and O–H groups in total. The molecule has 0 amide bonds. The largest absolute Gasteiger partial charge is 0.316 e. The fourth-order valence-corrected chi connectivity index (χ4v) is 5.64. The van der Waals surface area contributed by atoms with Gasteiger partial charge in [0.15, 0.2) is 0 Å². The maximum Gasteiger partial charge on any atom is 0.217 e. The van der Waals surface area contributed by atoms with Gasteiger partial charge in [0.25, 0.3) is 0 Å². The van der Waals surface area contributed by atoms with Crippen molar-refractivity contribution in [2.75, 3.05) is 19.6 Å². The summed E-state index contributed by atoms with van der Waals surface area (Å²) in [6.45, 7) is 6.74. The second kappa shape index (κ2) is 6.55. The van der Waals surface area contributed by atoms with E-state index in [9.17, 15) is 8.42 Å². The number of piperidine rings is 1. The lowest BCUT2D eigenvalue weighted by molar-refractivity contribution is 0.261. The van der Waals surface area contributed by atoms with Gasteiger partial charge in [-0.3, -0.25) is 0 Å². The molecular formula is C14H28N2O2S. The molecule has 19 heavy (non-hydrogen) atoms. The van der Waals surface area contributed by atoms with Crippen molar-refractivity contribution in [1.82, 2.24) is 9.62 Å². The number of rotatable bonds is 5. The monoisotopic (exact) mass is 288 g/mol. The fourth-order valence-electron chi connectivity index (χ4n) is 3.32. The highest BCUT2D eigenvalue weighted by atomic mass is 32.2. The minimum Gasteiger partial charge on any atom is -0.316 e. The van der Waals surface area contributed by atoms with Crippen LogP contribution in [0.25, 0.3) is 0 Å². The van der Waals surface area contributed by atoms with Crippen molar-refractivity contribution < 1.29 is 8.42 Å². The molecule has 0 aromatic heterocycles. The van der Waals surface area contributed by atoms with Crippen LogP contribution in [0.2, 0.25) is 0 Å². The van der Waals surface area contributed by atoms with Gasteiger partial charge in [0.1, 0.15) is 0 Å². The Hall–Kier alpha value is -0.130. The Morgan fingerprint density at radius 2 is 1.84 bits per heavy atom. The lowest BCUT2D eigenvalue weighted by Crippen LogP contribution is -2.47. The third-order valence-electron chi connectivity index (χ3n) is 4.46. The Morgan fingerprint density at radius 1 is 1.16 bits per heavy atom. The van der Waals surface area contributed by atoms with Crippen LogP contribution in [0.4, 0.5) is 0 Å². The van der Waals surface area contributed by atoms with Crippen molar-refractivity contribution in [2.45, 2.75) is 63.7 Å². The lowest BCUT2D eigenvalue weighted by atomic mass is 9.99. The second-order valence-electron chi connectivity index (χ2n) is 6.33. The molecule has 0 aromatic carbocycles. The van der Waals surface area contributed by atoms with Crippen molar-refractivity contribution in [3.8, 4) is 0 Å². The highest BCUT2D eigenvalue weighted by Crippen LogP contribution is 2.29. The Balaban J connectivity index is 2.05. The molecule has 1 aliphatic carbocycles. The summed E-state index contributed by atoms with van der Waals surface area (Å²) >= 11 is 0. The van der Waals surface area contributed by atoms with Crippen LogP contribution in [0, 0.1) is 5.92 Å². The van der Waals surface area contributed by atoms with E-state index in [0.717, 1.165) is 45.2 Å². The standard InChI is InChI=1S/C14H28N2O2S/c1-12(2)16(11-13-6-5-9-15-10-13)19(17,18)14-7-3-4-8-14/h12-15H,3-11H2,1-2H3. The second-order valence-corrected chi connectivity index (χ2v) is 8.49. The van der Waals surface area contributed by atoms with Gasteiger partial charge >= 0.3 is 0 Å². The minimum atomic E-state index is -3.09. The molecule has 0 spiro atoms. The predicted octanol–water partition coefficient (Wildman–Crippen LogP) is 1.97. The molecule has 1 aliphatic heterocycles. The molecule has 4 nitrogen and oxygen atoms in total. The van der Waals surface area contributed by atoms with Gasteiger partial charge in [-0.1, -0.05) is 12.8 Å². The van der Waals surface area contributed by atoms with Crippen LogP contribution in [0.3, 0.4) is 0 Å². The molecule has 1 atom stereocenters. The summed E-state index contributed by atoms with van der Waals surface area (Å²) in [4.78, 5) is 0. The van der Waals surface area contributed by atoms with E-state index in [-0.39, 0.29) is 11.3 Å². The first kappa shape index (κ1) is 15.3. The van der Waals surface area contributed by atoms with Gasteiger partial charge in [-0.05, 0) is 58.5 Å². The van der Waals surface area contributed by atoms with Crippen LogP contribution in [0.15, 0.2) is 0 Å². The van der Waals surface area contributed by atoms with Crippen LogP contribution in [0.5, 0.6) is 0 Å². The van der Waals surface area contributed by atoms with E-state index < -0.39 is 10.0 Å². The topological polar surface area (TPSA) is 49.4 Å². The van der Waals surface area contributed by atoms with Crippen LogP contribution in [-0.4, -0.2) is 43.6 Å². The third-order valence-corrected chi connectivity index (χ3v) is 7.00. The number of hydrogen-bond donors (Lipinski definition) is 1. The summed E-state index contributed by atoms with van der Waals surface area (Å²) in [5.74, 6) is 0.479. The van der Waals surface area contributed by atoms with Crippen molar-refractivity contribution in [1.29, 1.82) is 0 Å². The molecular weight excluding hydrogens is 260 g/mol. The van der Waals surface area contributed by atoms with Gasteiger partial charge in [0, 0.05) is 12.6 Å².